The third kappa shape index (κ3) is 2.79. The molecule has 90 valence electrons. The molecule has 0 spiro atoms. The Morgan fingerprint density at radius 1 is 1.33 bits per heavy atom. The second-order valence-corrected chi connectivity index (χ2v) is 3.11. The Labute approximate surface area is 83.1 Å². The van der Waals surface area contributed by atoms with E-state index in [4.69, 9.17) is 5.11 Å². The largest absolute Gasteiger partial charge is 0.477 e. The van der Waals surface area contributed by atoms with Gasteiger partial charge in [-0.3, -0.25) is 0 Å². The van der Waals surface area contributed by atoms with Gasteiger partial charge in [0, 0.05) is 0 Å². The van der Waals surface area contributed by atoms with Crippen LogP contribution in [0.15, 0.2) is 0 Å². The van der Waals surface area contributed by atoms with Crippen LogP contribution in [0.5, 0.6) is 0 Å². The lowest BCUT2D eigenvalue weighted by molar-refractivity contribution is -0.244. The molecule has 0 aliphatic carbocycles. The van der Waals surface area contributed by atoms with Crippen molar-refractivity contribution in [2.24, 2.45) is 0 Å². The minimum Gasteiger partial charge on any atom is -0.477 e. The summed E-state index contributed by atoms with van der Waals surface area (Å²) in [6.45, 7) is 1.57. The van der Waals surface area contributed by atoms with E-state index >= 15 is 0 Å². The van der Waals surface area contributed by atoms with Gasteiger partial charge < -0.3 is 5.11 Å². The zero-order chi connectivity index (χ0) is 12.3. The maximum Gasteiger partial charge on any atom is 0.407 e. The quantitative estimate of drug-likeness (QED) is 0.717. The molecule has 0 aromatic carbocycles. The molecule has 7 heteroatoms. The van der Waals surface area contributed by atoms with E-state index in [9.17, 15) is 26.7 Å². The van der Waals surface area contributed by atoms with Gasteiger partial charge in [0.1, 0.15) is 0 Å². The van der Waals surface area contributed by atoms with Crippen molar-refractivity contribution in [1.82, 2.24) is 0 Å². The fourth-order valence-corrected chi connectivity index (χ4v) is 0.904. The van der Waals surface area contributed by atoms with Gasteiger partial charge in [0.05, 0.1) is 0 Å². The molecule has 0 bridgehead atoms. The number of alkyl halides is 5. The molecule has 1 atom stereocenters. The zero-order valence-corrected chi connectivity index (χ0v) is 7.94. The van der Waals surface area contributed by atoms with Crippen LogP contribution in [0.4, 0.5) is 22.0 Å². The highest BCUT2D eigenvalue weighted by atomic mass is 19.3. The van der Waals surface area contributed by atoms with Crippen molar-refractivity contribution in [3.8, 4) is 0 Å². The summed E-state index contributed by atoms with van der Waals surface area (Å²) in [7, 11) is 0. The van der Waals surface area contributed by atoms with Crippen LogP contribution in [0.25, 0.3) is 0 Å². The number of aliphatic carboxylic acids is 1. The second kappa shape index (κ2) is 4.76. The SMILES string of the molecule is CCCCC(F)C(F)(F)C(F)(F)C(=O)O. The minimum absolute atomic E-state index is 0.00748. The Morgan fingerprint density at radius 2 is 1.80 bits per heavy atom. The number of hydrogen-bond acceptors (Lipinski definition) is 1. The van der Waals surface area contributed by atoms with Crippen molar-refractivity contribution in [1.29, 1.82) is 0 Å². The molecular weight excluding hydrogens is 223 g/mol. The van der Waals surface area contributed by atoms with Gasteiger partial charge in [0.25, 0.3) is 0 Å². The van der Waals surface area contributed by atoms with E-state index in [1.165, 1.54) is 0 Å². The highest BCUT2D eigenvalue weighted by Gasteiger charge is 2.66. The van der Waals surface area contributed by atoms with Crippen LogP contribution < -0.4 is 0 Å². The Kier molecular flexibility index (Phi) is 4.48. The molecule has 0 aromatic heterocycles. The van der Waals surface area contributed by atoms with Gasteiger partial charge in [0.15, 0.2) is 6.17 Å². The zero-order valence-electron chi connectivity index (χ0n) is 7.94. The predicted molar refractivity (Wildman–Crippen MR) is 42.0 cm³/mol. The Balaban J connectivity index is 4.71. The lowest BCUT2D eigenvalue weighted by atomic mass is 10.0. The average molecular weight is 234 g/mol. The number of hydrogen-bond donors (Lipinski definition) is 1. The molecule has 15 heavy (non-hydrogen) atoms. The number of carboxylic acids is 1. The second-order valence-electron chi connectivity index (χ2n) is 3.11. The molecule has 2 nitrogen and oxygen atoms in total. The normalized spacial score (nSPS) is 15.1. The summed E-state index contributed by atoms with van der Waals surface area (Å²) >= 11 is 0. The van der Waals surface area contributed by atoms with Crippen LogP contribution in [0, 0.1) is 0 Å². The van der Waals surface area contributed by atoms with Gasteiger partial charge in [-0.25, -0.2) is 9.18 Å². The minimum atomic E-state index is -5.37. The first-order chi connectivity index (χ1) is 6.67. The van der Waals surface area contributed by atoms with Crippen LogP contribution in [0.3, 0.4) is 0 Å². The topological polar surface area (TPSA) is 37.3 Å². The number of unbranched alkanes of at least 4 members (excludes halogenated alkanes) is 1. The number of carboxylic acid groups (broad SMARTS) is 1. The van der Waals surface area contributed by atoms with Gasteiger partial charge in [-0.2, -0.15) is 17.6 Å². The molecule has 0 heterocycles. The molecule has 0 amide bonds. The van der Waals surface area contributed by atoms with Crippen molar-refractivity contribution in [2.45, 2.75) is 44.2 Å². The third-order valence-electron chi connectivity index (χ3n) is 1.89. The molecule has 0 aromatic rings. The Hall–Kier alpha value is -0.880. The summed E-state index contributed by atoms with van der Waals surface area (Å²) in [6.07, 6.45) is -3.59. The summed E-state index contributed by atoms with van der Waals surface area (Å²) in [5, 5.41) is 7.85. The summed E-state index contributed by atoms with van der Waals surface area (Å²) < 4.78 is 62.9. The van der Waals surface area contributed by atoms with E-state index in [0.29, 0.717) is 6.42 Å². The van der Waals surface area contributed by atoms with Crippen molar-refractivity contribution in [2.75, 3.05) is 0 Å². The Bertz CT molecular complexity index is 229. The van der Waals surface area contributed by atoms with E-state index < -0.39 is 30.4 Å². The first-order valence-corrected chi connectivity index (χ1v) is 4.31. The highest BCUT2D eigenvalue weighted by Crippen LogP contribution is 2.40. The van der Waals surface area contributed by atoms with E-state index in [-0.39, 0.29) is 6.42 Å². The van der Waals surface area contributed by atoms with Crippen LogP contribution >= 0.6 is 0 Å². The third-order valence-corrected chi connectivity index (χ3v) is 1.89. The van der Waals surface area contributed by atoms with Crippen LogP contribution in [0.1, 0.15) is 26.2 Å². The van der Waals surface area contributed by atoms with Crippen molar-refractivity contribution in [3.63, 3.8) is 0 Å². The van der Waals surface area contributed by atoms with E-state index in [2.05, 4.69) is 0 Å². The highest BCUT2D eigenvalue weighted by molar-refractivity contribution is 5.76. The molecule has 0 aliphatic heterocycles. The fraction of sp³-hybridized carbons (Fsp3) is 0.875. The maximum atomic E-state index is 12.7. The monoisotopic (exact) mass is 234 g/mol. The molecular formula is C8H11F5O2. The standard InChI is InChI=1S/C8H11F5O2/c1-2-3-4-5(9)7(10,11)8(12,13)6(14)15/h5H,2-4H2,1H3,(H,14,15). The maximum absolute atomic E-state index is 12.7. The number of rotatable bonds is 6. The van der Waals surface area contributed by atoms with Crippen molar-refractivity contribution in [3.05, 3.63) is 0 Å². The molecule has 1 unspecified atom stereocenters. The van der Waals surface area contributed by atoms with Crippen molar-refractivity contribution < 1.29 is 31.9 Å². The lowest BCUT2D eigenvalue weighted by Crippen LogP contribution is -2.52. The average Bonchev–Trinajstić information content (AvgIpc) is 2.13. The lowest BCUT2D eigenvalue weighted by Gasteiger charge is -2.25. The van der Waals surface area contributed by atoms with E-state index in [1.54, 1.807) is 6.92 Å². The van der Waals surface area contributed by atoms with Gasteiger partial charge in [0.2, 0.25) is 0 Å². The molecule has 0 fully saturated rings. The van der Waals surface area contributed by atoms with Gasteiger partial charge in [-0.1, -0.05) is 19.8 Å². The predicted octanol–water partition coefficient (Wildman–Crippen LogP) is 2.87. The van der Waals surface area contributed by atoms with E-state index in [1.807, 2.05) is 0 Å². The molecule has 0 saturated carbocycles. The molecule has 0 aliphatic rings. The van der Waals surface area contributed by atoms with Crippen molar-refractivity contribution >= 4 is 5.97 Å². The van der Waals surface area contributed by atoms with Gasteiger partial charge in [-0.15, -0.1) is 0 Å². The first-order valence-electron chi connectivity index (χ1n) is 4.31. The van der Waals surface area contributed by atoms with Crippen LogP contribution in [0.2, 0.25) is 0 Å². The van der Waals surface area contributed by atoms with Crippen LogP contribution in [-0.4, -0.2) is 29.1 Å². The summed E-state index contributed by atoms with van der Waals surface area (Å²) in [5.74, 6) is -13.6. The molecule has 0 rings (SSSR count). The Morgan fingerprint density at radius 3 is 2.13 bits per heavy atom. The first kappa shape index (κ1) is 14.1. The fourth-order valence-electron chi connectivity index (χ4n) is 0.904. The molecule has 0 radical (unpaired) electrons. The van der Waals surface area contributed by atoms with Crippen LogP contribution in [-0.2, 0) is 4.79 Å². The summed E-state index contributed by atoms with van der Waals surface area (Å²) in [5.41, 5.74) is 0. The summed E-state index contributed by atoms with van der Waals surface area (Å²) in [4.78, 5) is 9.85. The molecule has 0 saturated heterocycles. The smallest absolute Gasteiger partial charge is 0.407 e. The molecule has 1 N–H and O–H groups in total. The number of carbonyl (C=O) groups is 1. The number of halogens is 5. The van der Waals surface area contributed by atoms with Gasteiger partial charge >= 0.3 is 17.8 Å². The van der Waals surface area contributed by atoms with Gasteiger partial charge in [-0.05, 0) is 6.42 Å². The van der Waals surface area contributed by atoms with E-state index in [0.717, 1.165) is 0 Å². The summed E-state index contributed by atoms with van der Waals surface area (Å²) in [6, 6.07) is 0.